The molecule has 0 aromatic carbocycles. The summed E-state index contributed by atoms with van der Waals surface area (Å²) in [5.41, 5.74) is 10.5. The molecule has 4 aromatic heterocycles. The van der Waals surface area contributed by atoms with E-state index in [1.807, 2.05) is 0 Å². The van der Waals surface area contributed by atoms with E-state index in [2.05, 4.69) is 46.5 Å². The smallest absolute Gasteiger partial charge is 0.148 e. The molecule has 0 amide bonds. The zero-order valence-corrected chi connectivity index (χ0v) is 12.8. The number of aromatic nitrogens is 2. The average molecular weight is 299 g/mol. The highest BCUT2D eigenvalue weighted by Gasteiger charge is 2.17. The second-order valence-electron chi connectivity index (χ2n) is 4.92. The molecule has 5 heteroatoms. The molecule has 3 nitrogen and oxygen atoms in total. The van der Waals surface area contributed by atoms with E-state index in [0.29, 0.717) is 0 Å². The number of thiophene rings is 2. The Morgan fingerprint density at radius 3 is 2.85 bits per heavy atom. The van der Waals surface area contributed by atoms with Crippen LogP contribution in [0.25, 0.3) is 27.7 Å². The number of imidazole rings is 1. The standard InChI is InChI=1S/C15H13N3S2/c1-8-5-10-6-19-7-12(10)15-17-13(14(16)18(8)15)11-3-4-20-9(11)2/h3-7H,16H2,1-2H3. The molecule has 4 heterocycles. The SMILES string of the molecule is Cc1sccc1-c1nc2c3cscc3cc(C)n2c1N. The van der Waals surface area contributed by atoms with Gasteiger partial charge in [-0.3, -0.25) is 4.40 Å². The van der Waals surface area contributed by atoms with Gasteiger partial charge in [-0.15, -0.1) is 11.3 Å². The van der Waals surface area contributed by atoms with Crippen LogP contribution in [0.4, 0.5) is 5.82 Å². The molecule has 0 bridgehead atoms. The first-order chi connectivity index (χ1) is 9.66. The first kappa shape index (κ1) is 11.9. The predicted octanol–water partition coefficient (Wildman–Crippen LogP) is 4.48. The van der Waals surface area contributed by atoms with Gasteiger partial charge in [0, 0.05) is 26.9 Å². The fraction of sp³-hybridized carbons (Fsp3) is 0.133. The Morgan fingerprint density at radius 2 is 2.10 bits per heavy atom. The minimum Gasteiger partial charge on any atom is -0.383 e. The van der Waals surface area contributed by atoms with Crippen molar-refractivity contribution in [1.82, 2.24) is 9.38 Å². The molecule has 2 N–H and O–H groups in total. The number of pyridine rings is 1. The van der Waals surface area contributed by atoms with Crippen molar-refractivity contribution in [3.05, 3.63) is 38.8 Å². The van der Waals surface area contributed by atoms with E-state index in [9.17, 15) is 0 Å². The summed E-state index contributed by atoms with van der Waals surface area (Å²) < 4.78 is 2.06. The zero-order chi connectivity index (χ0) is 13.9. The lowest BCUT2D eigenvalue weighted by Gasteiger charge is -2.03. The van der Waals surface area contributed by atoms with Crippen molar-refractivity contribution in [3.8, 4) is 11.3 Å². The highest BCUT2D eigenvalue weighted by molar-refractivity contribution is 7.10. The highest BCUT2D eigenvalue weighted by atomic mass is 32.1. The Kier molecular flexibility index (Phi) is 2.43. The van der Waals surface area contributed by atoms with Gasteiger partial charge in [0.05, 0.1) is 0 Å². The molecule has 4 rings (SSSR count). The minimum atomic E-state index is 0.729. The molecule has 0 aliphatic rings. The predicted molar refractivity (Wildman–Crippen MR) is 87.8 cm³/mol. The van der Waals surface area contributed by atoms with Gasteiger partial charge < -0.3 is 5.73 Å². The van der Waals surface area contributed by atoms with Crippen LogP contribution in [0.15, 0.2) is 28.3 Å². The van der Waals surface area contributed by atoms with Crippen LogP contribution in [-0.2, 0) is 0 Å². The van der Waals surface area contributed by atoms with Gasteiger partial charge in [-0.25, -0.2) is 4.98 Å². The largest absolute Gasteiger partial charge is 0.383 e. The molecule has 0 atom stereocenters. The Balaban J connectivity index is 2.17. The number of hydrogen-bond donors (Lipinski definition) is 1. The average Bonchev–Trinajstić information content (AvgIpc) is 3.08. The van der Waals surface area contributed by atoms with Crippen LogP contribution < -0.4 is 5.73 Å². The van der Waals surface area contributed by atoms with Crippen molar-refractivity contribution >= 4 is 44.9 Å². The lowest BCUT2D eigenvalue weighted by molar-refractivity contribution is 1.12. The van der Waals surface area contributed by atoms with Crippen LogP contribution >= 0.6 is 22.7 Å². The van der Waals surface area contributed by atoms with Crippen molar-refractivity contribution in [2.45, 2.75) is 13.8 Å². The van der Waals surface area contributed by atoms with Gasteiger partial charge in [0.2, 0.25) is 0 Å². The van der Waals surface area contributed by atoms with Crippen LogP contribution in [0.2, 0.25) is 0 Å². The third kappa shape index (κ3) is 1.47. The van der Waals surface area contributed by atoms with Gasteiger partial charge in [-0.05, 0) is 42.1 Å². The molecule has 0 fully saturated rings. The summed E-state index contributed by atoms with van der Waals surface area (Å²) in [6.45, 7) is 4.18. The van der Waals surface area contributed by atoms with E-state index in [1.54, 1.807) is 22.7 Å². The fourth-order valence-corrected chi connectivity index (χ4v) is 4.18. The first-order valence-corrected chi connectivity index (χ1v) is 8.17. The number of nitrogen functional groups attached to an aromatic ring is 1. The van der Waals surface area contributed by atoms with Crippen molar-refractivity contribution in [3.63, 3.8) is 0 Å². The van der Waals surface area contributed by atoms with Crippen LogP contribution in [0, 0.1) is 13.8 Å². The molecule has 0 radical (unpaired) electrons. The summed E-state index contributed by atoms with van der Waals surface area (Å²) in [6.07, 6.45) is 0. The maximum absolute atomic E-state index is 6.37. The fourth-order valence-electron chi connectivity index (χ4n) is 2.69. The third-order valence-electron chi connectivity index (χ3n) is 3.68. The molecule has 20 heavy (non-hydrogen) atoms. The molecule has 0 saturated heterocycles. The monoisotopic (exact) mass is 299 g/mol. The number of hydrogen-bond acceptors (Lipinski definition) is 4. The summed E-state index contributed by atoms with van der Waals surface area (Å²) in [5, 5.41) is 8.79. The number of anilines is 1. The van der Waals surface area contributed by atoms with Crippen LogP contribution in [0.1, 0.15) is 10.6 Å². The van der Waals surface area contributed by atoms with E-state index >= 15 is 0 Å². The molecule has 0 unspecified atom stereocenters. The van der Waals surface area contributed by atoms with Crippen LogP contribution in [0.3, 0.4) is 0 Å². The Hall–Kier alpha value is -1.85. The van der Waals surface area contributed by atoms with Gasteiger partial charge >= 0.3 is 0 Å². The lowest BCUT2D eigenvalue weighted by Crippen LogP contribution is -1.97. The van der Waals surface area contributed by atoms with Crippen molar-refractivity contribution in [2.75, 3.05) is 5.73 Å². The summed E-state index contributed by atoms with van der Waals surface area (Å²) in [7, 11) is 0. The zero-order valence-electron chi connectivity index (χ0n) is 11.2. The quantitative estimate of drug-likeness (QED) is 0.563. The molecule has 0 aliphatic heterocycles. The number of fused-ring (bicyclic) bond motifs is 3. The van der Waals surface area contributed by atoms with Crippen LogP contribution in [-0.4, -0.2) is 9.38 Å². The molecule has 0 spiro atoms. The number of nitrogens with two attached hydrogens (primary N) is 1. The van der Waals surface area contributed by atoms with Gasteiger partial charge in [0.15, 0.2) is 0 Å². The first-order valence-electron chi connectivity index (χ1n) is 6.34. The summed E-state index contributed by atoms with van der Waals surface area (Å²) in [4.78, 5) is 6.08. The van der Waals surface area contributed by atoms with Crippen molar-refractivity contribution in [2.24, 2.45) is 0 Å². The highest BCUT2D eigenvalue weighted by Crippen LogP contribution is 2.35. The van der Waals surface area contributed by atoms with Gasteiger partial charge in [0.25, 0.3) is 0 Å². The lowest BCUT2D eigenvalue weighted by atomic mass is 10.2. The Labute approximate surface area is 124 Å². The Bertz CT molecular complexity index is 943. The maximum Gasteiger partial charge on any atom is 0.148 e. The molecule has 0 saturated carbocycles. The van der Waals surface area contributed by atoms with Gasteiger partial charge in [-0.2, -0.15) is 11.3 Å². The van der Waals surface area contributed by atoms with E-state index in [4.69, 9.17) is 10.7 Å². The molecular formula is C15H13N3S2. The third-order valence-corrected chi connectivity index (χ3v) is 5.28. The van der Waals surface area contributed by atoms with Gasteiger partial charge in [0.1, 0.15) is 17.2 Å². The summed E-state index contributed by atoms with van der Waals surface area (Å²) in [6, 6.07) is 4.26. The van der Waals surface area contributed by atoms with E-state index in [-0.39, 0.29) is 0 Å². The Morgan fingerprint density at radius 1 is 1.25 bits per heavy atom. The second kappa shape index (κ2) is 4.07. The van der Waals surface area contributed by atoms with Gasteiger partial charge in [-0.1, -0.05) is 0 Å². The summed E-state index contributed by atoms with van der Waals surface area (Å²) >= 11 is 3.42. The van der Waals surface area contributed by atoms with Crippen LogP contribution in [0.5, 0.6) is 0 Å². The van der Waals surface area contributed by atoms with Crippen molar-refractivity contribution in [1.29, 1.82) is 0 Å². The minimum absolute atomic E-state index is 0.729. The topological polar surface area (TPSA) is 43.3 Å². The number of nitrogens with zero attached hydrogens (tertiary/aromatic N) is 2. The molecule has 0 aliphatic carbocycles. The number of rotatable bonds is 1. The van der Waals surface area contributed by atoms with E-state index in [0.717, 1.165) is 28.4 Å². The normalized spacial score (nSPS) is 11.7. The number of aryl methyl sites for hydroxylation is 2. The molecule has 4 aromatic rings. The van der Waals surface area contributed by atoms with E-state index in [1.165, 1.54) is 15.6 Å². The second-order valence-corrected chi connectivity index (χ2v) is 6.79. The summed E-state index contributed by atoms with van der Waals surface area (Å²) in [5.74, 6) is 0.729. The molecule has 100 valence electrons. The van der Waals surface area contributed by atoms with E-state index < -0.39 is 0 Å². The molecular weight excluding hydrogens is 286 g/mol. The maximum atomic E-state index is 6.37. The van der Waals surface area contributed by atoms with Crippen molar-refractivity contribution < 1.29 is 0 Å².